The fourth-order valence-electron chi connectivity index (χ4n) is 0. The quantitative estimate of drug-likeness (QED) is 0.0855. The van der Waals surface area contributed by atoms with E-state index < -0.39 is 41.6 Å². The summed E-state index contributed by atoms with van der Waals surface area (Å²) >= 11 is 0. The molecule has 0 aromatic rings. The molecule has 0 aliphatic rings. The summed E-state index contributed by atoms with van der Waals surface area (Å²) < 4.78 is 117. The molecular formula is H4CuMgO20S4. The monoisotopic (exact) mass is 539 g/mol. The Hall–Kier alpha value is 0.606. The molecule has 0 aromatic carbocycles. The predicted molar refractivity (Wildman–Crippen MR) is 59.4 cm³/mol. The van der Waals surface area contributed by atoms with Crippen molar-refractivity contribution < 1.29 is 107 Å². The first-order valence-corrected chi connectivity index (χ1v) is 8.73. The van der Waals surface area contributed by atoms with Gasteiger partial charge in [-0.15, -0.1) is 17.3 Å². The van der Waals surface area contributed by atoms with Crippen LogP contribution in [-0.4, -0.2) is 96.0 Å². The summed E-state index contributed by atoms with van der Waals surface area (Å²) in [7, 11) is -19.4. The Morgan fingerprint density at radius 2 is 0.500 bits per heavy atom. The van der Waals surface area contributed by atoms with Crippen LogP contribution in [0.1, 0.15) is 0 Å². The molecule has 20 nitrogen and oxygen atoms in total. The van der Waals surface area contributed by atoms with E-state index in [1.165, 1.54) is 0 Å². The van der Waals surface area contributed by atoms with E-state index in [2.05, 4.69) is 17.3 Å². The smallest absolute Gasteiger partial charge is 0.724 e. The van der Waals surface area contributed by atoms with E-state index in [9.17, 15) is 0 Å². The normalized spacial score (nSPS) is 10.8. The largest absolute Gasteiger partial charge is 2.00 e. The van der Waals surface area contributed by atoms with E-state index in [1.54, 1.807) is 0 Å². The van der Waals surface area contributed by atoms with E-state index in [-0.39, 0.29) is 40.1 Å². The zero-order chi connectivity index (χ0) is 20.8. The van der Waals surface area contributed by atoms with E-state index in [0.717, 1.165) is 0 Å². The van der Waals surface area contributed by atoms with Gasteiger partial charge in [0.15, 0.2) is 0 Å². The van der Waals surface area contributed by atoms with Gasteiger partial charge < -0.3 is 18.2 Å². The Balaban J connectivity index is -0.0000000500. The van der Waals surface area contributed by atoms with Crippen molar-refractivity contribution in [2.45, 2.75) is 0 Å². The predicted octanol–water partition coefficient (Wildman–Crippen LogP) is -4.64. The average molecular weight is 540 g/mol. The fraction of sp³-hybridized carbons (Fsp3) is 0. The molecule has 0 aliphatic heterocycles. The molecule has 0 rings (SSSR count). The van der Waals surface area contributed by atoms with Gasteiger partial charge in [-0.25, -0.2) is 54.7 Å². The number of rotatable bonds is 4. The molecule has 0 fully saturated rings. The Labute approximate surface area is 171 Å². The van der Waals surface area contributed by atoms with Crippen molar-refractivity contribution in [1.29, 1.82) is 0 Å². The molecule has 0 atom stereocenters. The molecule has 0 aliphatic carbocycles. The third kappa shape index (κ3) is 86.3. The first kappa shape index (κ1) is 41.1. The van der Waals surface area contributed by atoms with Crippen LogP contribution in [0.5, 0.6) is 0 Å². The standard InChI is InChI=1S/Cu.Mg.4H2O5S/c;;4*1-5-6(2,3)4/h;;4*1H,(H,2,3,4)/q2*+2;;;;/p-4. The molecule has 1 radical (unpaired) electrons. The van der Waals surface area contributed by atoms with Crippen LogP contribution in [0.3, 0.4) is 0 Å². The third-order valence-corrected chi connectivity index (χ3v) is 1.10. The van der Waals surface area contributed by atoms with Gasteiger partial charge in [-0.3, -0.25) is 0 Å². The van der Waals surface area contributed by atoms with Gasteiger partial charge in [0.25, 0.3) is 0 Å². The summed E-state index contributed by atoms with van der Waals surface area (Å²) in [4.78, 5) is 0. The van der Waals surface area contributed by atoms with Crippen molar-refractivity contribution in [2.75, 3.05) is 0 Å². The molecule has 0 saturated heterocycles. The zero-order valence-electron chi connectivity index (χ0n) is 11.0. The molecule has 0 saturated carbocycles. The van der Waals surface area contributed by atoms with Crippen LogP contribution in [0.15, 0.2) is 0 Å². The Bertz CT molecular complexity index is 564. The van der Waals surface area contributed by atoms with Crippen molar-refractivity contribution in [2.24, 2.45) is 0 Å². The second-order valence-electron chi connectivity index (χ2n) is 1.93. The van der Waals surface area contributed by atoms with E-state index in [1.807, 2.05) is 0 Å². The van der Waals surface area contributed by atoms with Crippen molar-refractivity contribution >= 4 is 64.6 Å². The van der Waals surface area contributed by atoms with E-state index in [0.29, 0.717) is 0 Å². The van der Waals surface area contributed by atoms with Gasteiger partial charge >= 0.3 is 40.1 Å². The molecular weight excluding hydrogens is 536 g/mol. The van der Waals surface area contributed by atoms with Crippen LogP contribution in [-0.2, 0) is 76.0 Å². The van der Waals surface area contributed by atoms with Crippen molar-refractivity contribution in [3.63, 3.8) is 0 Å². The van der Waals surface area contributed by atoms with Crippen molar-refractivity contribution in [3.8, 4) is 0 Å². The average Bonchev–Trinajstić information content (AvgIpc) is 2.37. The molecule has 26 heavy (non-hydrogen) atoms. The van der Waals surface area contributed by atoms with Crippen LogP contribution in [0.25, 0.3) is 0 Å². The van der Waals surface area contributed by atoms with Gasteiger partial charge in [0, 0.05) is 0 Å². The van der Waals surface area contributed by atoms with Gasteiger partial charge in [-0.2, -0.15) is 0 Å². The molecule has 0 spiro atoms. The van der Waals surface area contributed by atoms with Crippen LogP contribution in [0, 0.1) is 0 Å². The van der Waals surface area contributed by atoms with Crippen LogP contribution in [0.2, 0.25) is 0 Å². The molecule has 0 amide bonds. The van der Waals surface area contributed by atoms with Gasteiger partial charge in [0.05, 0.1) is 0 Å². The molecule has 0 unspecified atom stereocenters. The molecule has 4 N–H and O–H groups in total. The molecule has 0 bridgehead atoms. The van der Waals surface area contributed by atoms with Crippen LogP contribution >= 0.6 is 0 Å². The maximum atomic E-state index is 8.97. The van der Waals surface area contributed by atoms with Crippen molar-refractivity contribution in [3.05, 3.63) is 0 Å². The number of hydrogen-bond donors (Lipinski definition) is 4. The maximum Gasteiger partial charge on any atom is 2.00 e. The number of hydrogen-bond acceptors (Lipinski definition) is 20. The van der Waals surface area contributed by atoms with Gasteiger partial charge in [0.2, 0.25) is 41.6 Å². The SMILES string of the molecule is O=S(=O)([O-])OO.O=S(=O)([O-])OO.O=S(=O)([O-])OO.O=S(=O)([O-])OO.[Cu+2].[Mg+2]. The summed E-state index contributed by atoms with van der Waals surface area (Å²) in [5, 5.41) is 28.0. The minimum Gasteiger partial charge on any atom is -0.724 e. The first-order valence-electron chi connectivity index (χ1n) is 3.40. The molecule has 0 aromatic heterocycles. The second-order valence-corrected chi connectivity index (χ2v) is 5.79. The van der Waals surface area contributed by atoms with E-state index >= 15 is 0 Å². The summed E-state index contributed by atoms with van der Waals surface area (Å²) in [5.41, 5.74) is 0. The maximum absolute atomic E-state index is 8.97. The van der Waals surface area contributed by atoms with E-state index in [4.69, 9.17) is 72.9 Å². The van der Waals surface area contributed by atoms with Crippen molar-refractivity contribution in [1.82, 2.24) is 0 Å². The summed E-state index contributed by atoms with van der Waals surface area (Å²) in [6.45, 7) is 0. The molecule has 161 valence electrons. The van der Waals surface area contributed by atoms with Gasteiger partial charge in [-0.1, -0.05) is 0 Å². The van der Waals surface area contributed by atoms with Crippen LogP contribution in [0.4, 0.5) is 0 Å². The minimum atomic E-state index is -4.86. The zero-order valence-corrected chi connectivity index (χ0v) is 16.6. The Morgan fingerprint density at radius 3 is 0.500 bits per heavy atom. The fourth-order valence-corrected chi connectivity index (χ4v) is 0. The Morgan fingerprint density at radius 1 is 0.462 bits per heavy atom. The van der Waals surface area contributed by atoms with Crippen LogP contribution < -0.4 is 0 Å². The summed E-state index contributed by atoms with van der Waals surface area (Å²) in [6.07, 6.45) is 0. The summed E-state index contributed by atoms with van der Waals surface area (Å²) in [6, 6.07) is 0. The topological polar surface area (TPSA) is 347 Å². The Kier molecular flexibility index (Phi) is 29.9. The van der Waals surface area contributed by atoms with Gasteiger partial charge in [0.1, 0.15) is 0 Å². The third-order valence-electron chi connectivity index (χ3n) is 0.365. The molecule has 0 heterocycles. The summed E-state index contributed by atoms with van der Waals surface area (Å²) in [5.74, 6) is 0. The molecule has 26 heteroatoms. The minimum absolute atomic E-state index is 0. The second kappa shape index (κ2) is 18.9. The first-order chi connectivity index (χ1) is 10.2. The van der Waals surface area contributed by atoms with Gasteiger partial charge in [-0.05, 0) is 0 Å².